The predicted octanol–water partition coefficient (Wildman–Crippen LogP) is 1.23. The fourth-order valence-corrected chi connectivity index (χ4v) is 2.38. The number of esters is 1. The lowest BCUT2D eigenvalue weighted by Gasteiger charge is -2.18. The molecule has 1 N–H and O–H groups in total. The lowest BCUT2D eigenvalue weighted by atomic mass is 10.1. The number of nitrogens with one attached hydrogen (secondary N) is 1. The third-order valence-corrected chi connectivity index (χ3v) is 3.36. The van der Waals surface area contributed by atoms with E-state index in [1.165, 1.54) is 10.6 Å². The van der Waals surface area contributed by atoms with Crippen molar-refractivity contribution in [1.29, 1.82) is 0 Å². The zero-order chi connectivity index (χ0) is 14.1. The van der Waals surface area contributed by atoms with E-state index in [9.17, 15) is 9.59 Å². The predicted molar refractivity (Wildman–Crippen MR) is 74.2 cm³/mol. The Bertz CT molecular complexity index is 736. The first-order valence-corrected chi connectivity index (χ1v) is 6.66. The van der Waals surface area contributed by atoms with E-state index >= 15 is 0 Å². The van der Waals surface area contributed by atoms with Crippen molar-refractivity contribution in [2.24, 2.45) is 0 Å². The summed E-state index contributed by atoms with van der Waals surface area (Å²) in [6.45, 7) is 2.86. The van der Waals surface area contributed by atoms with Crippen molar-refractivity contribution < 1.29 is 9.53 Å². The Balaban J connectivity index is 2.17. The van der Waals surface area contributed by atoms with E-state index in [2.05, 4.69) is 10.3 Å². The van der Waals surface area contributed by atoms with Crippen molar-refractivity contribution in [1.82, 2.24) is 9.38 Å². The van der Waals surface area contributed by atoms with E-state index in [-0.39, 0.29) is 17.7 Å². The highest BCUT2D eigenvalue weighted by molar-refractivity contribution is 5.88. The third kappa shape index (κ3) is 2.03. The fraction of sp³-hybridized carbons (Fsp3) is 0.357. The molecule has 0 saturated carbocycles. The molecule has 20 heavy (non-hydrogen) atoms. The van der Waals surface area contributed by atoms with Gasteiger partial charge in [0.05, 0.1) is 6.61 Å². The molecule has 0 aliphatic carbocycles. The maximum atomic E-state index is 12.3. The Morgan fingerprint density at radius 3 is 3.20 bits per heavy atom. The van der Waals surface area contributed by atoms with Crippen LogP contribution in [0.15, 0.2) is 23.3 Å². The standard InChI is InChI=1S/C14H15N3O3/c1-2-20-14(19)10-7-16-12-6-11-9(4-3-5-15-11)8-17(12)13(10)18/h6-8,15H,2-5H2,1H3. The number of aromatic nitrogens is 2. The summed E-state index contributed by atoms with van der Waals surface area (Å²) >= 11 is 0. The zero-order valence-electron chi connectivity index (χ0n) is 11.2. The zero-order valence-corrected chi connectivity index (χ0v) is 11.2. The van der Waals surface area contributed by atoms with E-state index in [1.807, 2.05) is 6.07 Å². The topological polar surface area (TPSA) is 72.7 Å². The van der Waals surface area contributed by atoms with Crippen LogP contribution < -0.4 is 10.9 Å². The van der Waals surface area contributed by atoms with Crippen LogP contribution in [-0.4, -0.2) is 28.5 Å². The van der Waals surface area contributed by atoms with Crippen molar-refractivity contribution in [3.8, 4) is 0 Å². The van der Waals surface area contributed by atoms with Crippen LogP contribution in [0.4, 0.5) is 5.69 Å². The van der Waals surface area contributed by atoms with Gasteiger partial charge in [0.1, 0.15) is 11.2 Å². The number of rotatable bonds is 2. The minimum Gasteiger partial charge on any atom is -0.462 e. The molecule has 3 heterocycles. The first-order valence-electron chi connectivity index (χ1n) is 6.66. The van der Waals surface area contributed by atoms with Crippen molar-refractivity contribution >= 4 is 17.3 Å². The molecule has 1 aliphatic rings. The molecule has 0 radical (unpaired) electrons. The maximum absolute atomic E-state index is 12.3. The molecule has 0 saturated heterocycles. The Hall–Kier alpha value is -2.37. The molecule has 3 rings (SSSR count). The molecule has 6 heteroatoms. The lowest BCUT2D eigenvalue weighted by Crippen LogP contribution is -2.25. The number of hydrogen-bond acceptors (Lipinski definition) is 5. The minimum absolute atomic E-state index is 0.0342. The Morgan fingerprint density at radius 2 is 2.40 bits per heavy atom. The maximum Gasteiger partial charge on any atom is 0.345 e. The van der Waals surface area contributed by atoms with Gasteiger partial charge < -0.3 is 10.1 Å². The van der Waals surface area contributed by atoms with E-state index in [0.29, 0.717) is 5.65 Å². The fourth-order valence-electron chi connectivity index (χ4n) is 2.38. The van der Waals surface area contributed by atoms with Gasteiger partial charge in [0, 0.05) is 30.7 Å². The van der Waals surface area contributed by atoms with E-state index in [1.54, 1.807) is 13.1 Å². The molecular weight excluding hydrogens is 258 g/mol. The summed E-state index contributed by atoms with van der Waals surface area (Å²) in [6.07, 6.45) is 4.98. The molecule has 0 spiro atoms. The van der Waals surface area contributed by atoms with Crippen LogP contribution in [0.5, 0.6) is 0 Å². The molecule has 0 amide bonds. The Morgan fingerprint density at radius 1 is 1.55 bits per heavy atom. The highest BCUT2D eigenvalue weighted by Crippen LogP contribution is 2.22. The number of fused-ring (bicyclic) bond motifs is 2. The Labute approximate surface area is 115 Å². The van der Waals surface area contributed by atoms with Gasteiger partial charge >= 0.3 is 5.97 Å². The molecule has 0 aromatic carbocycles. The summed E-state index contributed by atoms with van der Waals surface area (Å²) in [5.74, 6) is -0.629. The number of aryl methyl sites for hydroxylation is 1. The van der Waals surface area contributed by atoms with Gasteiger partial charge in [-0.1, -0.05) is 0 Å². The van der Waals surface area contributed by atoms with Gasteiger partial charge in [-0.3, -0.25) is 9.20 Å². The molecule has 1 aliphatic heterocycles. The number of hydrogen-bond donors (Lipinski definition) is 1. The summed E-state index contributed by atoms with van der Waals surface area (Å²) in [6, 6.07) is 1.84. The van der Waals surface area contributed by atoms with E-state index < -0.39 is 5.97 Å². The quantitative estimate of drug-likeness (QED) is 0.833. The van der Waals surface area contributed by atoms with Crippen LogP contribution in [-0.2, 0) is 11.2 Å². The molecule has 2 aromatic rings. The molecule has 6 nitrogen and oxygen atoms in total. The Kier molecular flexibility index (Phi) is 3.14. The van der Waals surface area contributed by atoms with Gasteiger partial charge in [-0.05, 0) is 25.3 Å². The van der Waals surface area contributed by atoms with Crippen molar-refractivity contribution in [2.45, 2.75) is 19.8 Å². The molecule has 0 fully saturated rings. The molecular formula is C14H15N3O3. The molecule has 0 atom stereocenters. The number of nitrogens with zero attached hydrogens (tertiary/aromatic N) is 2. The SMILES string of the molecule is CCOC(=O)c1cnc2cc3c(cn2c1=O)CCCN3. The van der Waals surface area contributed by atoms with Gasteiger partial charge in [-0.15, -0.1) is 0 Å². The smallest absolute Gasteiger partial charge is 0.345 e. The monoisotopic (exact) mass is 273 g/mol. The summed E-state index contributed by atoms with van der Waals surface area (Å²) in [5.41, 5.74) is 2.17. The first-order chi connectivity index (χ1) is 9.70. The second kappa shape index (κ2) is 4.96. The van der Waals surface area contributed by atoms with Gasteiger partial charge in [-0.25, -0.2) is 9.78 Å². The van der Waals surface area contributed by atoms with Gasteiger partial charge in [-0.2, -0.15) is 0 Å². The number of anilines is 1. The van der Waals surface area contributed by atoms with Crippen molar-refractivity contribution in [2.75, 3.05) is 18.5 Å². The van der Waals surface area contributed by atoms with Crippen LogP contribution in [0.25, 0.3) is 5.65 Å². The number of carbonyl (C=O) groups excluding carboxylic acids is 1. The average molecular weight is 273 g/mol. The van der Waals surface area contributed by atoms with Crippen LogP contribution in [0.2, 0.25) is 0 Å². The van der Waals surface area contributed by atoms with E-state index in [0.717, 1.165) is 30.6 Å². The van der Waals surface area contributed by atoms with Crippen LogP contribution in [0.1, 0.15) is 29.3 Å². The number of ether oxygens (including phenoxy) is 1. The van der Waals surface area contributed by atoms with Crippen LogP contribution in [0.3, 0.4) is 0 Å². The second-order valence-electron chi connectivity index (χ2n) is 4.67. The van der Waals surface area contributed by atoms with Gasteiger partial charge in [0.25, 0.3) is 5.56 Å². The largest absolute Gasteiger partial charge is 0.462 e. The summed E-state index contributed by atoms with van der Waals surface area (Å²) < 4.78 is 6.28. The molecule has 2 aromatic heterocycles. The number of pyridine rings is 1. The van der Waals surface area contributed by atoms with Crippen LogP contribution in [0, 0.1) is 0 Å². The average Bonchev–Trinajstić information content (AvgIpc) is 2.46. The van der Waals surface area contributed by atoms with Gasteiger partial charge in [0.15, 0.2) is 0 Å². The molecule has 0 unspecified atom stereocenters. The molecule has 0 bridgehead atoms. The lowest BCUT2D eigenvalue weighted by molar-refractivity contribution is 0.0523. The minimum atomic E-state index is -0.629. The van der Waals surface area contributed by atoms with Crippen LogP contribution >= 0.6 is 0 Å². The first kappa shape index (κ1) is 12.7. The number of carbonyl (C=O) groups is 1. The molecule has 104 valence electrons. The highest BCUT2D eigenvalue weighted by Gasteiger charge is 2.16. The summed E-state index contributed by atoms with van der Waals surface area (Å²) in [4.78, 5) is 28.2. The van der Waals surface area contributed by atoms with Crippen molar-refractivity contribution in [3.05, 3.63) is 39.9 Å². The third-order valence-electron chi connectivity index (χ3n) is 3.36. The summed E-state index contributed by atoms with van der Waals surface area (Å²) in [7, 11) is 0. The summed E-state index contributed by atoms with van der Waals surface area (Å²) in [5, 5.41) is 3.28. The van der Waals surface area contributed by atoms with Gasteiger partial charge in [0.2, 0.25) is 0 Å². The van der Waals surface area contributed by atoms with Crippen molar-refractivity contribution in [3.63, 3.8) is 0 Å². The van der Waals surface area contributed by atoms with E-state index in [4.69, 9.17) is 4.74 Å². The highest BCUT2D eigenvalue weighted by atomic mass is 16.5. The normalized spacial score (nSPS) is 13.7. The second-order valence-corrected chi connectivity index (χ2v) is 4.67.